The molecule has 0 bridgehead atoms. The SMILES string of the molecule is CC(C)CCNC(=O)C(C)Nc1ccc(F)c(C#N)c1. The summed E-state index contributed by atoms with van der Waals surface area (Å²) >= 11 is 0. The zero-order valence-electron chi connectivity index (χ0n) is 12.0. The minimum Gasteiger partial charge on any atom is -0.374 e. The molecule has 0 heterocycles. The zero-order valence-corrected chi connectivity index (χ0v) is 12.0. The van der Waals surface area contributed by atoms with E-state index < -0.39 is 11.9 Å². The minimum absolute atomic E-state index is 0.0394. The average Bonchev–Trinajstić information content (AvgIpc) is 2.40. The van der Waals surface area contributed by atoms with Gasteiger partial charge in [0.1, 0.15) is 17.9 Å². The number of hydrogen-bond acceptors (Lipinski definition) is 3. The smallest absolute Gasteiger partial charge is 0.242 e. The van der Waals surface area contributed by atoms with Crippen LogP contribution >= 0.6 is 0 Å². The Balaban J connectivity index is 2.55. The lowest BCUT2D eigenvalue weighted by Crippen LogP contribution is -2.38. The number of carbonyl (C=O) groups is 1. The third-order valence-corrected chi connectivity index (χ3v) is 2.88. The molecule has 108 valence electrons. The molecule has 1 unspecified atom stereocenters. The molecule has 0 aliphatic heterocycles. The van der Waals surface area contributed by atoms with Gasteiger partial charge in [0.2, 0.25) is 5.91 Å². The maximum Gasteiger partial charge on any atom is 0.242 e. The second-order valence-electron chi connectivity index (χ2n) is 5.15. The van der Waals surface area contributed by atoms with Crippen LogP contribution in [0.25, 0.3) is 0 Å². The Morgan fingerprint density at radius 2 is 2.10 bits per heavy atom. The fourth-order valence-corrected chi connectivity index (χ4v) is 1.65. The van der Waals surface area contributed by atoms with Crippen LogP contribution in [-0.2, 0) is 4.79 Å². The van der Waals surface area contributed by atoms with E-state index in [-0.39, 0.29) is 11.5 Å². The Kier molecular flexibility index (Phi) is 5.98. The summed E-state index contributed by atoms with van der Waals surface area (Å²) in [4.78, 5) is 11.8. The van der Waals surface area contributed by atoms with E-state index in [1.807, 2.05) is 0 Å². The third-order valence-electron chi connectivity index (χ3n) is 2.88. The van der Waals surface area contributed by atoms with Crippen molar-refractivity contribution in [3.63, 3.8) is 0 Å². The Morgan fingerprint density at radius 3 is 2.70 bits per heavy atom. The standard InChI is InChI=1S/C15H20FN3O/c1-10(2)6-7-18-15(20)11(3)19-13-4-5-14(16)12(8-13)9-17/h4-5,8,10-11,19H,6-7H2,1-3H3,(H,18,20). The molecule has 1 rings (SSSR count). The van der Waals surface area contributed by atoms with Gasteiger partial charge in [0.15, 0.2) is 0 Å². The van der Waals surface area contributed by atoms with Gasteiger partial charge in [-0.15, -0.1) is 0 Å². The third kappa shape index (κ3) is 4.88. The number of benzene rings is 1. The highest BCUT2D eigenvalue weighted by Gasteiger charge is 2.13. The van der Waals surface area contributed by atoms with Crippen LogP contribution in [0.5, 0.6) is 0 Å². The van der Waals surface area contributed by atoms with Crippen molar-refractivity contribution < 1.29 is 9.18 Å². The molecule has 0 saturated carbocycles. The highest BCUT2D eigenvalue weighted by Crippen LogP contribution is 2.14. The number of nitrogens with zero attached hydrogens (tertiary/aromatic N) is 1. The molecule has 4 nitrogen and oxygen atoms in total. The predicted molar refractivity (Wildman–Crippen MR) is 76.7 cm³/mol. The molecule has 0 aromatic heterocycles. The summed E-state index contributed by atoms with van der Waals surface area (Å²) in [5.74, 6) is -0.144. The van der Waals surface area contributed by atoms with Gasteiger partial charge in [-0.1, -0.05) is 13.8 Å². The first kappa shape index (κ1) is 16.0. The van der Waals surface area contributed by atoms with Crippen LogP contribution < -0.4 is 10.6 Å². The number of hydrogen-bond donors (Lipinski definition) is 2. The normalized spacial score (nSPS) is 11.8. The maximum atomic E-state index is 13.2. The Bertz CT molecular complexity index is 508. The van der Waals surface area contributed by atoms with Crippen LogP contribution in [0.4, 0.5) is 10.1 Å². The van der Waals surface area contributed by atoms with E-state index in [9.17, 15) is 9.18 Å². The Morgan fingerprint density at radius 1 is 1.40 bits per heavy atom. The maximum absolute atomic E-state index is 13.2. The lowest BCUT2D eigenvalue weighted by atomic mass is 10.1. The van der Waals surface area contributed by atoms with E-state index in [2.05, 4.69) is 24.5 Å². The molecule has 20 heavy (non-hydrogen) atoms. The molecule has 0 aliphatic rings. The van der Waals surface area contributed by atoms with Crippen molar-refractivity contribution in [3.05, 3.63) is 29.6 Å². The number of rotatable bonds is 6. The van der Waals surface area contributed by atoms with Crippen LogP contribution in [0.3, 0.4) is 0 Å². The second kappa shape index (κ2) is 7.49. The molecular weight excluding hydrogens is 257 g/mol. The van der Waals surface area contributed by atoms with Crippen LogP contribution in [-0.4, -0.2) is 18.5 Å². The van der Waals surface area contributed by atoms with Crippen LogP contribution in [0.15, 0.2) is 18.2 Å². The molecule has 0 aliphatic carbocycles. The van der Waals surface area contributed by atoms with Crippen LogP contribution in [0.1, 0.15) is 32.8 Å². The molecule has 5 heteroatoms. The largest absolute Gasteiger partial charge is 0.374 e. The summed E-state index contributed by atoms with van der Waals surface area (Å²) in [6, 6.07) is 5.44. The summed E-state index contributed by atoms with van der Waals surface area (Å²) in [6.45, 7) is 6.54. The molecular formula is C15H20FN3O. The van der Waals surface area contributed by atoms with Gasteiger partial charge in [0.05, 0.1) is 5.56 Å². The molecule has 0 saturated heterocycles. The monoisotopic (exact) mass is 277 g/mol. The Labute approximate surface area is 119 Å². The van der Waals surface area contributed by atoms with Gasteiger partial charge in [-0.2, -0.15) is 5.26 Å². The van der Waals surface area contributed by atoms with Crippen molar-refractivity contribution in [1.29, 1.82) is 5.26 Å². The van der Waals surface area contributed by atoms with E-state index in [0.29, 0.717) is 18.2 Å². The first-order chi connectivity index (χ1) is 9.43. The number of halogens is 1. The van der Waals surface area contributed by atoms with Gasteiger partial charge in [-0.05, 0) is 37.5 Å². The highest BCUT2D eigenvalue weighted by atomic mass is 19.1. The van der Waals surface area contributed by atoms with Crippen molar-refractivity contribution in [2.75, 3.05) is 11.9 Å². The van der Waals surface area contributed by atoms with Crippen LogP contribution in [0.2, 0.25) is 0 Å². The summed E-state index contributed by atoms with van der Waals surface area (Å²) in [5, 5.41) is 14.5. The van der Waals surface area contributed by atoms with Gasteiger partial charge in [-0.25, -0.2) is 4.39 Å². The first-order valence-electron chi connectivity index (χ1n) is 6.68. The second-order valence-corrected chi connectivity index (χ2v) is 5.15. The molecule has 1 amide bonds. The van der Waals surface area contributed by atoms with Gasteiger partial charge >= 0.3 is 0 Å². The molecule has 1 aromatic carbocycles. The summed E-state index contributed by atoms with van der Waals surface area (Å²) in [6.07, 6.45) is 0.924. The fraction of sp³-hybridized carbons (Fsp3) is 0.467. The first-order valence-corrected chi connectivity index (χ1v) is 6.68. The van der Waals surface area contributed by atoms with Crippen molar-refractivity contribution in [3.8, 4) is 6.07 Å². The lowest BCUT2D eigenvalue weighted by Gasteiger charge is -2.16. The lowest BCUT2D eigenvalue weighted by molar-refractivity contribution is -0.121. The fourth-order valence-electron chi connectivity index (χ4n) is 1.65. The quantitative estimate of drug-likeness (QED) is 0.840. The molecule has 1 atom stereocenters. The van der Waals surface area contributed by atoms with E-state index in [4.69, 9.17) is 5.26 Å². The topological polar surface area (TPSA) is 64.9 Å². The van der Waals surface area contributed by atoms with Crippen molar-refractivity contribution in [1.82, 2.24) is 5.32 Å². The number of amides is 1. The van der Waals surface area contributed by atoms with Crippen molar-refractivity contribution >= 4 is 11.6 Å². The van der Waals surface area contributed by atoms with Crippen LogP contribution in [0, 0.1) is 23.1 Å². The number of anilines is 1. The molecule has 1 aromatic rings. The minimum atomic E-state index is -0.563. The van der Waals surface area contributed by atoms with Crippen molar-refractivity contribution in [2.45, 2.75) is 33.2 Å². The summed E-state index contributed by atoms with van der Waals surface area (Å²) in [5.41, 5.74) is 0.511. The van der Waals surface area contributed by atoms with E-state index in [0.717, 1.165) is 6.42 Å². The van der Waals surface area contributed by atoms with E-state index in [1.54, 1.807) is 13.0 Å². The predicted octanol–water partition coefficient (Wildman–Crippen LogP) is 2.66. The molecule has 0 spiro atoms. The number of nitrogens with one attached hydrogen (secondary N) is 2. The van der Waals surface area contributed by atoms with E-state index in [1.165, 1.54) is 18.2 Å². The molecule has 0 radical (unpaired) electrons. The van der Waals surface area contributed by atoms with E-state index >= 15 is 0 Å². The van der Waals surface area contributed by atoms with Gasteiger partial charge < -0.3 is 10.6 Å². The number of carbonyl (C=O) groups excluding carboxylic acids is 1. The highest BCUT2D eigenvalue weighted by molar-refractivity contribution is 5.84. The average molecular weight is 277 g/mol. The van der Waals surface area contributed by atoms with Gasteiger partial charge in [0.25, 0.3) is 0 Å². The van der Waals surface area contributed by atoms with Gasteiger partial charge in [0, 0.05) is 12.2 Å². The Hall–Kier alpha value is -2.09. The van der Waals surface area contributed by atoms with Gasteiger partial charge in [-0.3, -0.25) is 4.79 Å². The van der Waals surface area contributed by atoms with Crippen molar-refractivity contribution in [2.24, 2.45) is 5.92 Å². The zero-order chi connectivity index (χ0) is 15.1. The summed E-state index contributed by atoms with van der Waals surface area (Å²) < 4.78 is 13.2. The molecule has 2 N–H and O–H groups in total. The summed E-state index contributed by atoms with van der Waals surface area (Å²) in [7, 11) is 0. The number of nitriles is 1. The molecule has 0 fully saturated rings.